The van der Waals surface area contributed by atoms with Crippen molar-refractivity contribution in [1.82, 2.24) is 24.3 Å². The minimum Gasteiger partial charge on any atom is -0.495 e. The number of hydrogen-bond donors (Lipinski definition) is 1. The van der Waals surface area contributed by atoms with Gasteiger partial charge < -0.3 is 14.6 Å². The standard InChI is InChI=1S/C23H16ClFN6O4/c1-34-18-8-7-15(11-17(18)24)26-19(32)12-31-23(33)30-9-3-6-16(21(30)28-31)22-27-20(29-35-22)13-4-2-5-14(25)10-13/h2-11H,12H2,1H3,(H,26,32). The number of carbonyl (C=O) groups is 1. The predicted molar refractivity (Wildman–Crippen MR) is 125 cm³/mol. The third-order valence-electron chi connectivity index (χ3n) is 5.08. The summed E-state index contributed by atoms with van der Waals surface area (Å²) in [6.45, 7) is -0.345. The number of aromatic nitrogens is 5. The number of nitrogens with zero attached hydrogens (tertiary/aromatic N) is 5. The van der Waals surface area contributed by atoms with Gasteiger partial charge in [0.05, 0.1) is 17.7 Å². The van der Waals surface area contributed by atoms with Crippen molar-refractivity contribution in [3.05, 3.63) is 82.1 Å². The third-order valence-corrected chi connectivity index (χ3v) is 5.37. The molecule has 0 aliphatic carbocycles. The minimum absolute atomic E-state index is 0.0873. The van der Waals surface area contributed by atoms with E-state index in [1.807, 2.05) is 0 Å². The lowest BCUT2D eigenvalue weighted by molar-refractivity contribution is -0.117. The Balaban J connectivity index is 1.42. The first kappa shape index (κ1) is 22.3. The van der Waals surface area contributed by atoms with Gasteiger partial charge in [0.25, 0.3) is 5.89 Å². The van der Waals surface area contributed by atoms with Gasteiger partial charge in [-0.2, -0.15) is 4.98 Å². The Morgan fingerprint density at radius 2 is 2.06 bits per heavy atom. The normalized spacial score (nSPS) is 11.1. The SMILES string of the molecule is COc1ccc(NC(=O)Cn2nc3c(-c4nc(-c5cccc(F)c5)no4)cccn3c2=O)cc1Cl. The molecular weight excluding hydrogens is 479 g/mol. The molecule has 1 N–H and O–H groups in total. The Morgan fingerprint density at radius 1 is 1.20 bits per heavy atom. The predicted octanol–water partition coefficient (Wildman–Crippen LogP) is 3.65. The third kappa shape index (κ3) is 4.36. The number of fused-ring (bicyclic) bond motifs is 1. The number of rotatable bonds is 6. The van der Waals surface area contributed by atoms with E-state index in [0.29, 0.717) is 27.6 Å². The van der Waals surface area contributed by atoms with Crippen molar-refractivity contribution in [3.63, 3.8) is 0 Å². The van der Waals surface area contributed by atoms with Crippen molar-refractivity contribution in [2.45, 2.75) is 6.54 Å². The Labute approximate surface area is 201 Å². The molecule has 0 aliphatic heterocycles. The van der Waals surface area contributed by atoms with Crippen LogP contribution in [0.1, 0.15) is 0 Å². The van der Waals surface area contributed by atoms with E-state index in [1.165, 1.54) is 42.0 Å². The Kier molecular flexibility index (Phi) is 5.75. The lowest BCUT2D eigenvalue weighted by atomic mass is 10.2. The zero-order chi connectivity index (χ0) is 24.5. The Bertz CT molecular complexity index is 1630. The fraction of sp³-hybridized carbons (Fsp3) is 0.0870. The maximum atomic E-state index is 13.6. The molecule has 0 bridgehead atoms. The molecule has 0 saturated carbocycles. The van der Waals surface area contributed by atoms with E-state index in [0.717, 1.165) is 4.68 Å². The average Bonchev–Trinajstić information content (AvgIpc) is 3.45. The number of carbonyl (C=O) groups excluding carboxylic acids is 1. The molecule has 5 aromatic rings. The quantitative estimate of drug-likeness (QED) is 0.383. The summed E-state index contributed by atoms with van der Waals surface area (Å²) in [5.74, 6) is -0.179. The Hall–Kier alpha value is -4.51. The van der Waals surface area contributed by atoms with Crippen molar-refractivity contribution < 1.29 is 18.4 Å². The molecule has 0 fully saturated rings. The Morgan fingerprint density at radius 3 is 2.83 bits per heavy atom. The summed E-state index contributed by atoms with van der Waals surface area (Å²) in [5, 5.41) is 11.2. The van der Waals surface area contributed by atoms with Crippen LogP contribution in [0.25, 0.3) is 28.5 Å². The molecule has 176 valence electrons. The number of benzene rings is 2. The molecule has 1 amide bonds. The highest BCUT2D eigenvalue weighted by molar-refractivity contribution is 6.32. The molecule has 3 aromatic heterocycles. The molecular formula is C23H16ClFN6O4. The number of hydrogen-bond acceptors (Lipinski definition) is 7. The van der Waals surface area contributed by atoms with Crippen LogP contribution in [0.2, 0.25) is 5.02 Å². The molecule has 2 aromatic carbocycles. The topological polar surface area (TPSA) is 117 Å². The van der Waals surface area contributed by atoms with Gasteiger partial charge in [0.2, 0.25) is 11.7 Å². The zero-order valence-electron chi connectivity index (χ0n) is 18.1. The fourth-order valence-corrected chi connectivity index (χ4v) is 3.72. The van der Waals surface area contributed by atoms with Gasteiger partial charge in [0.1, 0.15) is 18.1 Å². The molecule has 0 spiro atoms. The molecule has 12 heteroatoms. The number of methoxy groups -OCH3 is 1. The smallest absolute Gasteiger partial charge is 0.350 e. The second kappa shape index (κ2) is 9.03. The molecule has 35 heavy (non-hydrogen) atoms. The first-order chi connectivity index (χ1) is 16.9. The first-order valence-electron chi connectivity index (χ1n) is 10.2. The van der Waals surface area contributed by atoms with E-state index in [9.17, 15) is 14.0 Å². The zero-order valence-corrected chi connectivity index (χ0v) is 18.9. The van der Waals surface area contributed by atoms with Crippen LogP contribution in [0.5, 0.6) is 5.75 Å². The number of nitrogens with one attached hydrogen (secondary N) is 1. The summed E-state index contributed by atoms with van der Waals surface area (Å²) in [6.07, 6.45) is 1.51. The van der Waals surface area contributed by atoms with E-state index in [2.05, 4.69) is 20.6 Å². The molecule has 3 heterocycles. The highest BCUT2D eigenvalue weighted by atomic mass is 35.5. The summed E-state index contributed by atoms with van der Waals surface area (Å²) in [6, 6.07) is 13.8. The van der Waals surface area contributed by atoms with E-state index in [4.69, 9.17) is 20.9 Å². The second-order valence-corrected chi connectivity index (χ2v) is 7.79. The molecule has 0 radical (unpaired) electrons. The monoisotopic (exact) mass is 494 g/mol. The summed E-state index contributed by atoms with van der Waals surface area (Å²) >= 11 is 6.09. The molecule has 5 rings (SSSR count). The highest BCUT2D eigenvalue weighted by Gasteiger charge is 2.19. The summed E-state index contributed by atoms with van der Waals surface area (Å²) in [7, 11) is 1.49. The highest BCUT2D eigenvalue weighted by Crippen LogP contribution is 2.27. The van der Waals surface area contributed by atoms with Crippen molar-refractivity contribution in [1.29, 1.82) is 0 Å². The van der Waals surface area contributed by atoms with Gasteiger partial charge in [-0.25, -0.2) is 18.3 Å². The van der Waals surface area contributed by atoms with Crippen molar-refractivity contribution in [2.24, 2.45) is 0 Å². The van der Waals surface area contributed by atoms with Gasteiger partial charge in [0.15, 0.2) is 5.65 Å². The second-order valence-electron chi connectivity index (χ2n) is 7.39. The average molecular weight is 495 g/mol. The van der Waals surface area contributed by atoms with Gasteiger partial charge in [-0.1, -0.05) is 28.9 Å². The molecule has 10 nitrogen and oxygen atoms in total. The largest absolute Gasteiger partial charge is 0.495 e. The summed E-state index contributed by atoms with van der Waals surface area (Å²) in [5.41, 5.74) is 0.932. The molecule has 0 atom stereocenters. The van der Waals surface area contributed by atoms with Crippen LogP contribution in [0.15, 0.2) is 70.1 Å². The van der Waals surface area contributed by atoms with Gasteiger partial charge in [-0.05, 0) is 42.5 Å². The van der Waals surface area contributed by atoms with Crippen LogP contribution >= 0.6 is 11.6 Å². The van der Waals surface area contributed by atoms with Crippen LogP contribution in [0.4, 0.5) is 10.1 Å². The van der Waals surface area contributed by atoms with Crippen molar-refractivity contribution >= 4 is 28.8 Å². The fourth-order valence-electron chi connectivity index (χ4n) is 3.47. The van der Waals surface area contributed by atoms with Crippen molar-refractivity contribution in [2.75, 3.05) is 12.4 Å². The molecule has 0 aliphatic rings. The van der Waals surface area contributed by atoms with Crippen LogP contribution in [0, 0.1) is 5.82 Å². The van der Waals surface area contributed by atoms with Crippen LogP contribution < -0.4 is 15.7 Å². The van der Waals surface area contributed by atoms with Crippen LogP contribution in [0.3, 0.4) is 0 Å². The first-order valence-corrected chi connectivity index (χ1v) is 10.6. The number of pyridine rings is 1. The van der Waals surface area contributed by atoms with E-state index >= 15 is 0 Å². The number of anilines is 1. The number of amides is 1. The van der Waals surface area contributed by atoms with Crippen LogP contribution in [-0.2, 0) is 11.3 Å². The maximum Gasteiger partial charge on any atom is 0.350 e. The molecule has 0 unspecified atom stereocenters. The number of halogens is 2. The summed E-state index contributed by atoms with van der Waals surface area (Å²) < 4.78 is 26.3. The molecule has 0 saturated heterocycles. The van der Waals surface area contributed by atoms with Crippen molar-refractivity contribution in [3.8, 4) is 28.6 Å². The lowest BCUT2D eigenvalue weighted by Crippen LogP contribution is -2.28. The van der Waals surface area contributed by atoms with Crippen LogP contribution in [-0.4, -0.2) is 37.3 Å². The van der Waals surface area contributed by atoms with E-state index in [1.54, 1.807) is 30.3 Å². The van der Waals surface area contributed by atoms with Gasteiger partial charge in [-0.15, -0.1) is 5.10 Å². The summed E-state index contributed by atoms with van der Waals surface area (Å²) in [4.78, 5) is 29.7. The van der Waals surface area contributed by atoms with Gasteiger partial charge in [0, 0.05) is 17.4 Å². The van der Waals surface area contributed by atoms with E-state index in [-0.39, 0.29) is 23.9 Å². The lowest BCUT2D eigenvalue weighted by Gasteiger charge is -2.07. The van der Waals surface area contributed by atoms with Gasteiger partial charge >= 0.3 is 5.69 Å². The van der Waals surface area contributed by atoms with E-state index < -0.39 is 17.4 Å². The number of ether oxygens (including phenoxy) is 1. The maximum absolute atomic E-state index is 13.6. The van der Waals surface area contributed by atoms with Gasteiger partial charge in [-0.3, -0.25) is 4.79 Å². The minimum atomic E-state index is -0.533.